The molecule has 0 bridgehead atoms. The first-order chi connectivity index (χ1) is 16.1. The molecule has 0 saturated carbocycles. The molecule has 2 heterocycles. The lowest BCUT2D eigenvalue weighted by Crippen LogP contribution is -2.50. The van der Waals surface area contributed by atoms with Crippen LogP contribution in [0.3, 0.4) is 0 Å². The summed E-state index contributed by atoms with van der Waals surface area (Å²) in [5.41, 5.74) is 10.1. The van der Waals surface area contributed by atoms with E-state index in [1.165, 1.54) is 0 Å². The molecule has 1 aliphatic heterocycles. The highest BCUT2D eigenvalue weighted by Gasteiger charge is 2.31. The van der Waals surface area contributed by atoms with Crippen molar-refractivity contribution in [3.63, 3.8) is 0 Å². The van der Waals surface area contributed by atoms with E-state index in [-0.39, 0.29) is 12.3 Å². The third kappa shape index (κ3) is 4.16. The number of Topliss-reactive ketones (excluding diaryl/α,β-unsaturated/α-hetero) is 1. The van der Waals surface area contributed by atoms with E-state index in [1.54, 1.807) is 17.3 Å². The Morgan fingerprint density at radius 3 is 2.70 bits per heavy atom. The summed E-state index contributed by atoms with van der Waals surface area (Å²) in [6.45, 7) is 0.213. The summed E-state index contributed by atoms with van der Waals surface area (Å²) in [6, 6.07) is 23.1. The Bertz CT molecular complexity index is 1340. The first-order valence-electron chi connectivity index (χ1n) is 10.9. The van der Waals surface area contributed by atoms with Crippen molar-refractivity contribution in [1.29, 1.82) is 0 Å². The van der Waals surface area contributed by atoms with Gasteiger partial charge in [0.1, 0.15) is 5.78 Å². The molecule has 0 aliphatic carbocycles. The number of hydrazone groups is 1. The lowest BCUT2D eigenvalue weighted by Gasteiger charge is -2.27. The highest BCUT2D eigenvalue weighted by molar-refractivity contribution is 6.71. The number of hydrogen-bond acceptors (Lipinski definition) is 6. The van der Waals surface area contributed by atoms with Gasteiger partial charge < -0.3 is 10.8 Å². The van der Waals surface area contributed by atoms with Crippen LogP contribution in [-0.2, 0) is 11.2 Å². The number of hydrogen-bond donors (Lipinski definition) is 2. The van der Waals surface area contributed by atoms with E-state index < -0.39 is 13.0 Å². The largest absolute Gasteiger partial charge is 0.471 e. The molecule has 1 unspecified atom stereocenters. The first kappa shape index (κ1) is 21.1. The fraction of sp³-hybridized carbons (Fsp3) is 0.115. The highest BCUT2D eigenvalue weighted by Crippen LogP contribution is 2.23. The van der Waals surface area contributed by atoms with Gasteiger partial charge in [-0.15, -0.1) is 0 Å². The van der Waals surface area contributed by atoms with E-state index in [1.807, 2.05) is 79.0 Å². The third-order valence-corrected chi connectivity index (χ3v) is 6.07. The van der Waals surface area contributed by atoms with Crippen LogP contribution in [0.4, 0.5) is 5.69 Å². The number of fused-ring (bicyclic) bond motifs is 2. The molecule has 5 rings (SSSR count). The fourth-order valence-corrected chi connectivity index (χ4v) is 4.29. The smallest absolute Gasteiger partial charge is 0.427 e. The van der Waals surface area contributed by atoms with Gasteiger partial charge in [-0.1, -0.05) is 48.5 Å². The van der Waals surface area contributed by atoms with Gasteiger partial charge in [0.25, 0.3) is 0 Å². The zero-order valence-electron chi connectivity index (χ0n) is 18.0. The molecular formula is C26H23BN4O2. The third-order valence-electron chi connectivity index (χ3n) is 6.07. The van der Waals surface area contributed by atoms with Crippen LogP contribution in [0, 0.1) is 0 Å². The van der Waals surface area contributed by atoms with Gasteiger partial charge in [0.15, 0.2) is 0 Å². The van der Waals surface area contributed by atoms with E-state index in [2.05, 4.69) is 10.1 Å². The lowest BCUT2D eigenvalue weighted by atomic mass is 9.68. The molecule has 1 atom stereocenters. The zero-order valence-corrected chi connectivity index (χ0v) is 18.0. The number of ketones is 1. The topological polar surface area (TPSA) is 91.8 Å². The van der Waals surface area contributed by atoms with Crippen molar-refractivity contribution in [3.8, 4) is 0 Å². The first-order valence-corrected chi connectivity index (χ1v) is 10.9. The summed E-state index contributed by atoms with van der Waals surface area (Å²) in [7, 11) is -0.902. The molecule has 4 aromatic rings. The number of carbonyl (C=O) groups is 1. The fourth-order valence-electron chi connectivity index (χ4n) is 4.29. The van der Waals surface area contributed by atoms with Gasteiger partial charge in [0.05, 0.1) is 12.1 Å². The van der Waals surface area contributed by atoms with Crippen molar-refractivity contribution in [1.82, 2.24) is 4.98 Å². The van der Waals surface area contributed by atoms with Crippen molar-refractivity contribution in [2.24, 2.45) is 10.8 Å². The van der Waals surface area contributed by atoms with Gasteiger partial charge in [-0.2, -0.15) is 5.10 Å². The molecular weight excluding hydrogens is 411 g/mol. The minimum absolute atomic E-state index is 0.0602. The van der Waals surface area contributed by atoms with E-state index in [0.29, 0.717) is 6.42 Å². The molecule has 162 valence electrons. The van der Waals surface area contributed by atoms with Crippen LogP contribution >= 0.6 is 0 Å². The molecule has 6 nitrogen and oxygen atoms in total. The Morgan fingerprint density at radius 2 is 1.88 bits per heavy atom. The molecule has 3 N–H and O–H groups in total. The summed E-state index contributed by atoms with van der Waals surface area (Å²) in [5, 5.41) is 17.4. The SMILES string of the molecule is NCC(C(=O)Cc1ccc2cnccc2c1)c1ccc2c(c1)C=NN(c1ccccc1)B2O. The van der Waals surface area contributed by atoms with Crippen molar-refractivity contribution in [3.05, 3.63) is 102 Å². The van der Waals surface area contributed by atoms with Gasteiger partial charge in [-0.25, -0.2) is 0 Å². The van der Waals surface area contributed by atoms with E-state index in [0.717, 1.165) is 38.6 Å². The Labute approximate surface area is 192 Å². The van der Waals surface area contributed by atoms with Crippen LogP contribution in [0.25, 0.3) is 10.8 Å². The number of nitrogens with two attached hydrogens (primary N) is 1. The van der Waals surface area contributed by atoms with Crippen LogP contribution in [-0.4, -0.2) is 35.6 Å². The van der Waals surface area contributed by atoms with Crippen molar-refractivity contribution < 1.29 is 9.82 Å². The van der Waals surface area contributed by atoms with Gasteiger partial charge in [0, 0.05) is 36.4 Å². The predicted molar refractivity (Wildman–Crippen MR) is 133 cm³/mol. The van der Waals surface area contributed by atoms with E-state index >= 15 is 0 Å². The molecule has 0 saturated heterocycles. The number of pyridine rings is 1. The van der Waals surface area contributed by atoms with Crippen LogP contribution in [0.15, 0.2) is 90.3 Å². The number of anilines is 1. The van der Waals surface area contributed by atoms with Gasteiger partial charge in [0.2, 0.25) is 0 Å². The van der Waals surface area contributed by atoms with Crippen LogP contribution in [0.5, 0.6) is 0 Å². The minimum Gasteiger partial charge on any atom is -0.427 e. The molecule has 0 amide bonds. The maximum atomic E-state index is 13.2. The summed E-state index contributed by atoms with van der Waals surface area (Å²) in [6.07, 6.45) is 5.58. The molecule has 3 aromatic carbocycles. The number of carbonyl (C=O) groups excluding carboxylic acids is 1. The Balaban J connectivity index is 1.38. The van der Waals surface area contributed by atoms with Gasteiger partial charge >= 0.3 is 7.05 Å². The number of rotatable bonds is 6. The quantitative estimate of drug-likeness (QED) is 0.456. The summed E-state index contributed by atoms with van der Waals surface area (Å²) in [5.74, 6) is -0.369. The van der Waals surface area contributed by atoms with Crippen molar-refractivity contribution in [2.45, 2.75) is 12.3 Å². The monoisotopic (exact) mass is 434 g/mol. The van der Waals surface area contributed by atoms with Crippen LogP contribution in [0.1, 0.15) is 22.6 Å². The molecule has 0 fully saturated rings. The zero-order chi connectivity index (χ0) is 22.8. The molecule has 1 aliphatic rings. The second-order valence-electron chi connectivity index (χ2n) is 8.18. The summed E-state index contributed by atoms with van der Waals surface area (Å²) in [4.78, 5) is 18.9. The summed E-state index contributed by atoms with van der Waals surface area (Å²) >= 11 is 0. The highest BCUT2D eigenvalue weighted by atomic mass is 16.2. The van der Waals surface area contributed by atoms with Gasteiger partial charge in [-0.05, 0) is 51.8 Å². The second-order valence-corrected chi connectivity index (χ2v) is 8.18. The molecule has 0 radical (unpaired) electrons. The summed E-state index contributed by atoms with van der Waals surface area (Å²) < 4.78 is 0. The Kier molecular flexibility index (Phi) is 5.73. The van der Waals surface area contributed by atoms with Crippen LogP contribution in [0.2, 0.25) is 0 Å². The van der Waals surface area contributed by atoms with E-state index in [4.69, 9.17) is 5.73 Å². The van der Waals surface area contributed by atoms with Gasteiger partial charge in [-0.3, -0.25) is 14.7 Å². The minimum atomic E-state index is -0.902. The molecule has 1 aromatic heterocycles. The second kappa shape index (κ2) is 8.98. The Hall–Kier alpha value is -3.81. The molecule has 0 spiro atoms. The van der Waals surface area contributed by atoms with E-state index in [9.17, 15) is 9.82 Å². The lowest BCUT2D eigenvalue weighted by molar-refractivity contribution is -0.119. The number of benzene rings is 3. The predicted octanol–water partition coefficient (Wildman–Crippen LogP) is 2.63. The van der Waals surface area contributed by atoms with Crippen molar-refractivity contribution in [2.75, 3.05) is 11.5 Å². The normalized spacial score (nSPS) is 13.8. The maximum Gasteiger partial charge on any atom is 0.471 e. The molecule has 7 heteroatoms. The van der Waals surface area contributed by atoms with Crippen molar-refractivity contribution >= 4 is 41.0 Å². The standard InChI is InChI=1S/C26H23BN4O2/c28-15-24(26(32)13-18-6-7-21-16-29-11-10-19(21)12-18)20-8-9-25-22(14-20)17-30-31(27(25)33)23-4-2-1-3-5-23/h1-12,14,16-17,24,33H,13,15,28H2. The number of para-hydroxylation sites is 1. The average molecular weight is 434 g/mol. The average Bonchev–Trinajstić information content (AvgIpc) is 2.85. The van der Waals surface area contributed by atoms with Crippen LogP contribution < -0.4 is 16.1 Å². The molecule has 33 heavy (non-hydrogen) atoms. The maximum absolute atomic E-state index is 13.2. The number of aromatic nitrogens is 1. The number of nitrogens with zero attached hydrogens (tertiary/aromatic N) is 3. The Morgan fingerprint density at radius 1 is 1.03 bits per heavy atom.